The number of ether oxygens (including phenoxy) is 1. The van der Waals surface area contributed by atoms with Crippen molar-refractivity contribution in [2.75, 3.05) is 20.2 Å². The summed E-state index contributed by atoms with van der Waals surface area (Å²) >= 11 is 0. The molecule has 1 saturated heterocycles. The summed E-state index contributed by atoms with van der Waals surface area (Å²) in [6, 6.07) is 0. The van der Waals surface area contributed by atoms with Crippen LogP contribution < -0.4 is 10.6 Å². The van der Waals surface area contributed by atoms with Gasteiger partial charge in [-0.25, -0.2) is 4.79 Å². The molecular weight excluding hydrogens is 232 g/mol. The molecule has 94 valence electrons. The molecule has 0 aliphatic carbocycles. The summed E-state index contributed by atoms with van der Waals surface area (Å²) < 4.78 is 4.61. The first kappa shape index (κ1) is 15.2. The third kappa shape index (κ3) is 3.64. The predicted molar refractivity (Wildman–Crippen MR) is 62.5 cm³/mol. The molecule has 1 aliphatic heterocycles. The zero-order chi connectivity index (χ0) is 11.5. The van der Waals surface area contributed by atoms with Gasteiger partial charge in [-0.1, -0.05) is 0 Å². The van der Waals surface area contributed by atoms with Crippen molar-refractivity contribution >= 4 is 24.3 Å². The first-order valence-corrected chi connectivity index (χ1v) is 5.08. The van der Waals surface area contributed by atoms with Crippen LogP contribution in [-0.2, 0) is 14.3 Å². The number of methoxy groups -OCH3 is 1. The Labute approximate surface area is 102 Å². The molecule has 1 atom stereocenters. The van der Waals surface area contributed by atoms with Crippen LogP contribution >= 0.6 is 12.4 Å². The number of carbonyl (C=O) groups excluding carboxylic acids is 2. The summed E-state index contributed by atoms with van der Waals surface area (Å²) in [7, 11) is 1.31. The van der Waals surface area contributed by atoms with Gasteiger partial charge < -0.3 is 15.4 Å². The lowest BCUT2D eigenvalue weighted by Gasteiger charge is -2.24. The minimum atomic E-state index is -0.950. The van der Waals surface area contributed by atoms with Crippen molar-refractivity contribution in [3.8, 4) is 0 Å². The maximum atomic E-state index is 11.7. The van der Waals surface area contributed by atoms with Gasteiger partial charge >= 0.3 is 5.97 Å². The maximum Gasteiger partial charge on any atom is 0.330 e. The fourth-order valence-corrected chi connectivity index (χ4v) is 1.59. The SMILES string of the molecule is COC(=O)C(C)(C)NC(=O)[C@H]1CCNC1.Cl. The standard InChI is InChI=1S/C10H18N2O3.ClH/c1-10(2,9(14)15-3)12-8(13)7-4-5-11-6-7;/h7,11H,4-6H2,1-3H3,(H,12,13);1H/t7-;/m0./s1. The highest BCUT2D eigenvalue weighted by Crippen LogP contribution is 2.11. The molecule has 16 heavy (non-hydrogen) atoms. The average molecular weight is 251 g/mol. The minimum Gasteiger partial charge on any atom is -0.467 e. The summed E-state index contributed by atoms with van der Waals surface area (Å²) in [6.45, 7) is 4.82. The number of rotatable bonds is 3. The van der Waals surface area contributed by atoms with E-state index in [1.807, 2.05) is 0 Å². The van der Waals surface area contributed by atoms with E-state index in [0.29, 0.717) is 6.54 Å². The Hall–Kier alpha value is -0.810. The Morgan fingerprint density at radius 1 is 1.44 bits per heavy atom. The van der Waals surface area contributed by atoms with E-state index >= 15 is 0 Å². The second-order valence-electron chi connectivity index (χ2n) is 4.30. The summed E-state index contributed by atoms with van der Waals surface area (Å²) in [5, 5.41) is 5.80. The highest BCUT2D eigenvalue weighted by atomic mass is 35.5. The lowest BCUT2D eigenvalue weighted by Crippen LogP contribution is -2.52. The number of esters is 1. The number of carbonyl (C=O) groups is 2. The van der Waals surface area contributed by atoms with Crippen LogP contribution in [0.25, 0.3) is 0 Å². The first-order valence-electron chi connectivity index (χ1n) is 5.08. The van der Waals surface area contributed by atoms with Crippen molar-refractivity contribution in [3.63, 3.8) is 0 Å². The third-order valence-corrected chi connectivity index (χ3v) is 2.56. The molecule has 6 heteroatoms. The number of halogens is 1. The molecule has 0 saturated carbocycles. The van der Waals surface area contributed by atoms with Gasteiger partial charge in [0.1, 0.15) is 5.54 Å². The average Bonchev–Trinajstić information content (AvgIpc) is 2.68. The van der Waals surface area contributed by atoms with Crippen molar-refractivity contribution in [2.24, 2.45) is 5.92 Å². The second kappa shape index (κ2) is 6.06. The van der Waals surface area contributed by atoms with Gasteiger partial charge in [0.15, 0.2) is 0 Å². The van der Waals surface area contributed by atoms with Crippen LogP contribution in [0.15, 0.2) is 0 Å². The van der Waals surface area contributed by atoms with E-state index in [2.05, 4.69) is 15.4 Å². The molecule has 5 nitrogen and oxygen atoms in total. The molecule has 1 rings (SSSR count). The van der Waals surface area contributed by atoms with E-state index in [-0.39, 0.29) is 24.2 Å². The number of hydrogen-bond donors (Lipinski definition) is 2. The lowest BCUT2D eigenvalue weighted by atomic mass is 10.0. The van der Waals surface area contributed by atoms with Gasteiger partial charge in [-0.05, 0) is 26.8 Å². The topological polar surface area (TPSA) is 67.4 Å². The predicted octanol–water partition coefficient (Wildman–Crippen LogP) is 0.0855. The minimum absolute atomic E-state index is 0. The Kier molecular flexibility index (Phi) is 5.75. The molecule has 0 aromatic rings. The molecule has 1 fully saturated rings. The van der Waals surface area contributed by atoms with E-state index in [1.54, 1.807) is 13.8 Å². The largest absolute Gasteiger partial charge is 0.467 e. The highest BCUT2D eigenvalue weighted by molar-refractivity contribution is 5.88. The van der Waals surface area contributed by atoms with Crippen LogP contribution in [-0.4, -0.2) is 37.6 Å². The van der Waals surface area contributed by atoms with Crippen LogP contribution in [0, 0.1) is 5.92 Å². The third-order valence-electron chi connectivity index (χ3n) is 2.56. The van der Waals surface area contributed by atoms with Crippen LogP contribution in [0.2, 0.25) is 0 Å². The summed E-state index contributed by atoms with van der Waals surface area (Å²) in [5.74, 6) is -0.550. The summed E-state index contributed by atoms with van der Waals surface area (Å²) in [4.78, 5) is 23.1. The van der Waals surface area contributed by atoms with Crippen LogP contribution in [0.3, 0.4) is 0 Å². The zero-order valence-electron chi connectivity index (χ0n) is 9.83. The molecule has 1 aliphatic rings. The van der Waals surface area contributed by atoms with E-state index in [0.717, 1.165) is 13.0 Å². The van der Waals surface area contributed by atoms with Crippen molar-refractivity contribution in [2.45, 2.75) is 25.8 Å². The second-order valence-corrected chi connectivity index (χ2v) is 4.30. The van der Waals surface area contributed by atoms with Crippen molar-refractivity contribution in [3.05, 3.63) is 0 Å². The van der Waals surface area contributed by atoms with E-state index in [4.69, 9.17) is 0 Å². The van der Waals surface area contributed by atoms with Gasteiger partial charge in [-0.15, -0.1) is 12.4 Å². The van der Waals surface area contributed by atoms with Gasteiger partial charge in [0.05, 0.1) is 13.0 Å². The quantitative estimate of drug-likeness (QED) is 0.697. The Balaban J connectivity index is 0.00000225. The van der Waals surface area contributed by atoms with Crippen LogP contribution in [0.4, 0.5) is 0 Å². The number of hydrogen-bond acceptors (Lipinski definition) is 4. The monoisotopic (exact) mass is 250 g/mol. The Bertz CT molecular complexity index is 263. The van der Waals surface area contributed by atoms with Crippen molar-refractivity contribution in [1.82, 2.24) is 10.6 Å². The molecular formula is C10H19ClN2O3. The molecule has 2 N–H and O–H groups in total. The van der Waals surface area contributed by atoms with E-state index in [9.17, 15) is 9.59 Å². The van der Waals surface area contributed by atoms with E-state index in [1.165, 1.54) is 7.11 Å². The fraction of sp³-hybridized carbons (Fsp3) is 0.800. The molecule has 0 bridgehead atoms. The molecule has 1 amide bonds. The zero-order valence-corrected chi connectivity index (χ0v) is 10.6. The lowest BCUT2D eigenvalue weighted by molar-refractivity contribution is -0.149. The smallest absolute Gasteiger partial charge is 0.330 e. The van der Waals surface area contributed by atoms with E-state index < -0.39 is 11.5 Å². The van der Waals surface area contributed by atoms with Gasteiger partial charge in [0.2, 0.25) is 5.91 Å². The molecule has 0 spiro atoms. The van der Waals surface area contributed by atoms with Gasteiger partial charge in [-0.2, -0.15) is 0 Å². The normalized spacial score (nSPS) is 19.8. The van der Waals surface area contributed by atoms with Crippen LogP contribution in [0.5, 0.6) is 0 Å². The highest BCUT2D eigenvalue weighted by Gasteiger charge is 2.33. The summed E-state index contributed by atoms with van der Waals surface area (Å²) in [6.07, 6.45) is 0.823. The van der Waals surface area contributed by atoms with Gasteiger partial charge in [0.25, 0.3) is 0 Å². The van der Waals surface area contributed by atoms with Crippen molar-refractivity contribution in [1.29, 1.82) is 0 Å². The first-order chi connectivity index (χ1) is 6.97. The molecule has 0 aromatic carbocycles. The molecule has 0 unspecified atom stereocenters. The molecule has 1 heterocycles. The Morgan fingerprint density at radius 3 is 2.50 bits per heavy atom. The summed E-state index contributed by atoms with van der Waals surface area (Å²) in [5.41, 5.74) is -0.950. The number of nitrogens with one attached hydrogen (secondary N) is 2. The number of amides is 1. The van der Waals surface area contributed by atoms with Crippen LogP contribution in [0.1, 0.15) is 20.3 Å². The maximum absolute atomic E-state index is 11.7. The van der Waals surface area contributed by atoms with Gasteiger partial charge in [-0.3, -0.25) is 4.79 Å². The molecule has 0 radical (unpaired) electrons. The molecule has 0 aromatic heterocycles. The Morgan fingerprint density at radius 2 is 2.06 bits per heavy atom. The van der Waals surface area contributed by atoms with Crippen molar-refractivity contribution < 1.29 is 14.3 Å². The fourth-order valence-electron chi connectivity index (χ4n) is 1.59. The van der Waals surface area contributed by atoms with Gasteiger partial charge in [0, 0.05) is 6.54 Å².